The molecule has 0 saturated carbocycles. The predicted molar refractivity (Wildman–Crippen MR) is 46.8 cm³/mol. The Hall–Kier alpha value is -1.85. The maximum atomic E-state index is 12.2. The maximum Gasteiger partial charge on any atom is 0.417 e. The smallest absolute Gasteiger partial charge is 0.276 e. The van der Waals surface area contributed by atoms with Crippen LogP contribution in [0.3, 0.4) is 0 Å². The third-order valence-corrected chi connectivity index (χ3v) is 1.87. The lowest BCUT2D eigenvalue weighted by Gasteiger charge is -2.05. The predicted octanol–water partition coefficient (Wildman–Crippen LogP) is 2.49. The van der Waals surface area contributed by atoms with Crippen LogP contribution in [0.1, 0.15) is 5.56 Å². The quantitative estimate of drug-likeness (QED) is 0.790. The van der Waals surface area contributed by atoms with Gasteiger partial charge in [0, 0.05) is 12.4 Å². The fourth-order valence-electron chi connectivity index (χ4n) is 1.12. The fraction of sp³-hybridized carbons (Fsp3) is 0.111. The first-order valence-corrected chi connectivity index (χ1v) is 4.10. The zero-order chi connectivity index (χ0) is 10.9. The third-order valence-electron chi connectivity index (χ3n) is 1.87. The van der Waals surface area contributed by atoms with E-state index in [1.165, 1.54) is 12.3 Å². The minimum atomic E-state index is -4.35. The summed E-state index contributed by atoms with van der Waals surface area (Å²) in [6.45, 7) is 0. The number of hydrogen-bond donors (Lipinski definition) is 1. The summed E-state index contributed by atoms with van der Waals surface area (Å²) >= 11 is 0. The molecule has 0 atom stereocenters. The minimum absolute atomic E-state index is 0.431. The Morgan fingerprint density at radius 1 is 1.13 bits per heavy atom. The largest absolute Gasteiger partial charge is 0.417 e. The van der Waals surface area contributed by atoms with Gasteiger partial charge in [0.05, 0.1) is 17.0 Å². The number of alkyl halides is 3. The highest BCUT2D eigenvalue weighted by Crippen LogP contribution is 2.29. The molecule has 0 fully saturated rings. The lowest BCUT2D eigenvalue weighted by molar-refractivity contribution is -0.137. The number of nitrogens with zero attached hydrogens (tertiary/aromatic N) is 2. The summed E-state index contributed by atoms with van der Waals surface area (Å²) in [5, 5.41) is 6.30. The summed E-state index contributed by atoms with van der Waals surface area (Å²) in [6.07, 6.45) is -2.04. The second kappa shape index (κ2) is 3.38. The van der Waals surface area contributed by atoms with Crippen molar-refractivity contribution >= 4 is 0 Å². The Labute approximate surface area is 83.0 Å². The van der Waals surface area contributed by atoms with E-state index in [9.17, 15) is 13.2 Å². The molecule has 0 amide bonds. The molecule has 78 valence electrons. The second-order valence-electron chi connectivity index (χ2n) is 2.90. The van der Waals surface area contributed by atoms with Gasteiger partial charge in [0.15, 0.2) is 0 Å². The molecule has 0 radical (unpaired) electrons. The van der Waals surface area contributed by atoms with E-state index < -0.39 is 11.7 Å². The number of rotatable bonds is 1. The average molecular weight is 213 g/mol. The van der Waals surface area contributed by atoms with Gasteiger partial charge >= 0.3 is 6.18 Å². The van der Waals surface area contributed by atoms with Crippen LogP contribution in [0.4, 0.5) is 13.2 Å². The topological polar surface area (TPSA) is 41.6 Å². The molecule has 0 aliphatic heterocycles. The van der Waals surface area contributed by atoms with E-state index in [1.54, 1.807) is 6.07 Å². The van der Waals surface area contributed by atoms with E-state index >= 15 is 0 Å². The molecule has 2 rings (SSSR count). The van der Waals surface area contributed by atoms with Crippen LogP contribution in [0.15, 0.2) is 30.6 Å². The van der Waals surface area contributed by atoms with E-state index in [0.29, 0.717) is 11.4 Å². The molecule has 2 heterocycles. The van der Waals surface area contributed by atoms with Gasteiger partial charge in [-0.15, -0.1) is 0 Å². The minimum Gasteiger partial charge on any atom is -0.276 e. The average Bonchev–Trinajstić information content (AvgIpc) is 2.69. The van der Waals surface area contributed by atoms with Crippen LogP contribution >= 0.6 is 0 Å². The highest BCUT2D eigenvalue weighted by atomic mass is 19.4. The van der Waals surface area contributed by atoms with Gasteiger partial charge in [0.2, 0.25) is 0 Å². The molecule has 0 bridgehead atoms. The van der Waals surface area contributed by atoms with Crippen LogP contribution in [0.25, 0.3) is 11.4 Å². The summed E-state index contributed by atoms with van der Waals surface area (Å²) in [6, 6.07) is 3.93. The highest BCUT2D eigenvalue weighted by molar-refractivity contribution is 5.53. The molecule has 15 heavy (non-hydrogen) atoms. The van der Waals surface area contributed by atoms with E-state index in [4.69, 9.17) is 0 Å². The number of aromatic nitrogens is 3. The van der Waals surface area contributed by atoms with E-state index in [-0.39, 0.29) is 0 Å². The molecule has 6 heteroatoms. The molecular weight excluding hydrogens is 207 g/mol. The lowest BCUT2D eigenvalue weighted by atomic mass is 10.2. The second-order valence-corrected chi connectivity index (χ2v) is 2.90. The normalized spacial score (nSPS) is 11.7. The van der Waals surface area contributed by atoms with Crippen LogP contribution in [0.2, 0.25) is 0 Å². The van der Waals surface area contributed by atoms with Gasteiger partial charge in [-0.1, -0.05) is 0 Å². The maximum absolute atomic E-state index is 12.2. The molecule has 3 nitrogen and oxygen atoms in total. The van der Waals surface area contributed by atoms with Gasteiger partial charge in [-0.25, -0.2) is 0 Å². The van der Waals surface area contributed by atoms with Crippen molar-refractivity contribution in [2.75, 3.05) is 0 Å². The van der Waals surface area contributed by atoms with Crippen molar-refractivity contribution in [3.8, 4) is 11.4 Å². The summed E-state index contributed by atoms with van der Waals surface area (Å²) in [7, 11) is 0. The summed E-state index contributed by atoms with van der Waals surface area (Å²) in [4.78, 5) is 3.70. The van der Waals surface area contributed by atoms with Crippen molar-refractivity contribution in [3.63, 3.8) is 0 Å². The first-order chi connectivity index (χ1) is 7.07. The molecule has 1 N–H and O–H groups in total. The van der Waals surface area contributed by atoms with Crippen molar-refractivity contribution < 1.29 is 13.2 Å². The summed E-state index contributed by atoms with van der Waals surface area (Å²) in [5.41, 5.74) is 0.259. The van der Waals surface area contributed by atoms with Gasteiger partial charge in [-0.2, -0.15) is 18.3 Å². The first kappa shape index (κ1) is 9.70. The Kier molecular flexibility index (Phi) is 2.18. The number of nitrogens with one attached hydrogen (secondary N) is 1. The van der Waals surface area contributed by atoms with Crippen LogP contribution < -0.4 is 0 Å². The number of aromatic amines is 1. The van der Waals surface area contributed by atoms with Crippen molar-refractivity contribution in [2.24, 2.45) is 0 Å². The molecule has 0 aromatic carbocycles. The fourth-order valence-corrected chi connectivity index (χ4v) is 1.12. The third kappa shape index (κ3) is 1.98. The molecule has 2 aromatic rings. The molecule has 2 aromatic heterocycles. The van der Waals surface area contributed by atoms with E-state index in [0.717, 1.165) is 12.3 Å². The standard InChI is InChI=1S/C9H6F3N3/c10-9(11,12)6-1-2-7(13-5-6)8-3-4-14-15-8/h1-5H,(H,14,15). The van der Waals surface area contributed by atoms with Gasteiger partial charge in [-0.3, -0.25) is 10.1 Å². The molecule has 0 unspecified atom stereocenters. The van der Waals surface area contributed by atoms with E-state index in [2.05, 4.69) is 15.2 Å². The molecule has 0 aliphatic carbocycles. The highest BCUT2D eigenvalue weighted by Gasteiger charge is 2.30. The van der Waals surface area contributed by atoms with Gasteiger partial charge in [0.25, 0.3) is 0 Å². The van der Waals surface area contributed by atoms with Crippen LogP contribution in [0, 0.1) is 0 Å². The SMILES string of the molecule is FC(F)(F)c1ccc(-c2ccn[nH]2)nc1. The zero-order valence-electron chi connectivity index (χ0n) is 7.42. The van der Waals surface area contributed by atoms with Gasteiger partial charge in [-0.05, 0) is 18.2 Å². The van der Waals surface area contributed by atoms with Crippen molar-refractivity contribution in [2.45, 2.75) is 6.18 Å². The molecular formula is C9H6F3N3. The van der Waals surface area contributed by atoms with Gasteiger partial charge < -0.3 is 0 Å². The van der Waals surface area contributed by atoms with E-state index in [1.807, 2.05) is 0 Å². The zero-order valence-corrected chi connectivity index (χ0v) is 7.42. The number of H-pyrrole nitrogens is 1. The van der Waals surface area contributed by atoms with Crippen molar-refractivity contribution in [1.29, 1.82) is 0 Å². The van der Waals surface area contributed by atoms with Crippen molar-refractivity contribution in [1.82, 2.24) is 15.2 Å². The Balaban J connectivity index is 2.33. The molecule has 0 spiro atoms. The van der Waals surface area contributed by atoms with Crippen LogP contribution in [0.5, 0.6) is 0 Å². The summed E-state index contributed by atoms with van der Waals surface area (Å²) in [5.74, 6) is 0. The van der Waals surface area contributed by atoms with Crippen molar-refractivity contribution in [3.05, 3.63) is 36.2 Å². The lowest BCUT2D eigenvalue weighted by Crippen LogP contribution is -2.05. The first-order valence-electron chi connectivity index (χ1n) is 4.10. The number of hydrogen-bond acceptors (Lipinski definition) is 2. The Bertz CT molecular complexity index is 431. The number of halogens is 3. The Morgan fingerprint density at radius 3 is 2.40 bits per heavy atom. The van der Waals surface area contributed by atoms with Crippen LogP contribution in [-0.4, -0.2) is 15.2 Å². The Morgan fingerprint density at radius 2 is 1.93 bits per heavy atom. The molecule has 0 saturated heterocycles. The van der Waals surface area contributed by atoms with Gasteiger partial charge in [0.1, 0.15) is 0 Å². The monoisotopic (exact) mass is 213 g/mol. The van der Waals surface area contributed by atoms with Crippen LogP contribution in [-0.2, 0) is 6.18 Å². The summed E-state index contributed by atoms with van der Waals surface area (Å²) < 4.78 is 36.6. The number of pyridine rings is 1. The molecule has 0 aliphatic rings.